The van der Waals surface area contributed by atoms with Crippen molar-refractivity contribution in [2.75, 3.05) is 37.9 Å². The fraction of sp³-hybridized carbons (Fsp3) is 0.333. The molecule has 2 aromatic rings. The van der Waals surface area contributed by atoms with Crippen molar-refractivity contribution in [1.82, 2.24) is 4.90 Å². The number of amides is 3. The Balaban J connectivity index is 1.55. The molecule has 2 aromatic carbocycles. The Kier molecular flexibility index (Phi) is 7.92. The number of nitrogens with one attached hydrogen (secondary N) is 2. The van der Waals surface area contributed by atoms with Gasteiger partial charge in [0.15, 0.2) is 0 Å². The summed E-state index contributed by atoms with van der Waals surface area (Å²) in [5.41, 5.74) is 2.11. The molecule has 0 aromatic heterocycles. The maximum atomic E-state index is 12.4. The summed E-state index contributed by atoms with van der Waals surface area (Å²) in [5, 5.41) is 5.73. The van der Waals surface area contributed by atoms with Crippen LogP contribution in [0.15, 0.2) is 48.5 Å². The van der Waals surface area contributed by atoms with Gasteiger partial charge in [0.05, 0.1) is 14.2 Å². The largest absolute Gasteiger partial charge is 0.497 e. The molecule has 0 unspecified atom stereocenters. The molecule has 31 heavy (non-hydrogen) atoms. The van der Waals surface area contributed by atoms with E-state index in [1.807, 2.05) is 11.0 Å². The summed E-state index contributed by atoms with van der Waals surface area (Å²) in [6, 6.07) is 12.4. The van der Waals surface area contributed by atoms with Crippen LogP contribution in [-0.2, 0) is 4.79 Å². The van der Waals surface area contributed by atoms with E-state index in [4.69, 9.17) is 9.47 Å². The van der Waals surface area contributed by atoms with Gasteiger partial charge in [-0.1, -0.05) is 12.8 Å². The molecule has 3 amide bonds. The molecule has 1 saturated heterocycles. The summed E-state index contributed by atoms with van der Waals surface area (Å²) in [5.74, 6) is 1.04. The first-order chi connectivity index (χ1) is 15.1. The van der Waals surface area contributed by atoms with E-state index in [2.05, 4.69) is 10.6 Å². The summed E-state index contributed by atoms with van der Waals surface area (Å²) in [6.45, 7) is 1.59. The number of rotatable bonds is 6. The zero-order valence-corrected chi connectivity index (χ0v) is 18.0. The number of likely N-dealkylation sites (tertiary alicyclic amines) is 1. The summed E-state index contributed by atoms with van der Waals surface area (Å²) in [4.78, 5) is 26.5. The molecule has 0 radical (unpaired) electrons. The fourth-order valence-electron chi connectivity index (χ4n) is 3.42. The molecule has 1 heterocycles. The van der Waals surface area contributed by atoms with Crippen LogP contribution in [-0.4, -0.2) is 44.1 Å². The van der Waals surface area contributed by atoms with Crippen molar-refractivity contribution in [2.24, 2.45) is 0 Å². The first-order valence-corrected chi connectivity index (χ1v) is 10.5. The third-order valence-electron chi connectivity index (χ3n) is 5.15. The van der Waals surface area contributed by atoms with Crippen molar-refractivity contribution in [2.45, 2.75) is 25.7 Å². The first kappa shape index (κ1) is 22.2. The zero-order valence-electron chi connectivity index (χ0n) is 18.0. The van der Waals surface area contributed by atoms with Crippen LogP contribution < -0.4 is 20.1 Å². The third kappa shape index (κ3) is 6.50. The highest BCUT2D eigenvalue weighted by molar-refractivity contribution is 6.02. The van der Waals surface area contributed by atoms with E-state index in [0.29, 0.717) is 22.9 Å². The number of hydrogen-bond donors (Lipinski definition) is 2. The van der Waals surface area contributed by atoms with Crippen LogP contribution >= 0.6 is 0 Å². The summed E-state index contributed by atoms with van der Waals surface area (Å²) < 4.78 is 10.5. The molecule has 1 aliphatic rings. The van der Waals surface area contributed by atoms with Gasteiger partial charge in [0, 0.05) is 42.2 Å². The lowest BCUT2D eigenvalue weighted by Crippen LogP contribution is -2.35. The Hall–Kier alpha value is -3.48. The number of methoxy groups -OCH3 is 2. The van der Waals surface area contributed by atoms with Crippen molar-refractivity contribution in [3.8, 4) is 11.5 Å². The lowest BCUT2D eigenvalue weighted by atomic mass is 10.1. The Morgan fingerprint density at radius 3 is 2.13 bits per heavy atom. The van der Waals surface area contributed by atoms with Gasteiger partial charge in [-0.2, -0.15) is 0 Å². The van der Waals surface area contributed by atoms with Crippen molar-refractivity contribution in [3.63, 3.8) is 0 Å². The van der Waals surface area contributed by atoms with Gasteiger partial charge in [0.2, 0.25) is 5.91 Å². The quantitative estimate of drug-likeness (QED) is 0.657. The Bertz CT molecular complexity index is 917. The maximum Gasteiger partial charge on any atom is 0.321 e. The first-order valence-electron chi connectivity index (χ1n) is 10.5. The van der Waals surface area contributed by atoms with Crippen LogP contribution in [0.5, 0.6) is 11.5 Å². The van der Waals surface area contributed by atoms with Gasteiger partial charge in [-0.3, -0.25) is 4.79 Å². The molecule has 7 nitrogen and oxygen atoms in total. The number of carbonyl (C=O) groups is 2. The van der Waals surface area contributed by atoms with Gasteiger partial charge < -0.3 is 25.0 Å². The minimum atomic E-state index is -0.265. The van der Waals surface area contributed by atoms with Crippen LogP contribution in [0.1, 0.15) is 31.2 Å². The second-order valence-electron chi connectivity index (χ2n) is 7.34. The third-order valence-corrected chi connectivity index (χ3v) is 5.15. The molecule has 0 saturated carbocycles. The van der Waals surface area contributed by atoms with Gasteiger partial charge in [-0.25, -0.2) is 4.79 Å². The second-order valence-corrected chi connectivity index (χ2v) is 7.34. The molecule has 0 spiro atoms. The lowest BCUT2D eigenvalue weighted by molar-refractivity contribution is -0.111. The summed E-state index contributed by atoms with van der Waals surface area (Å²) in [7, 11) is 3.16. The van der Waals surface area contributed by atoms with E-state index in [-0.39, 0.29) is 11.9 Å². The number of urea groups is 1. The van der Waals surface area contributed by atoms with Gasteiger partial charge in [0.1, 0.15) is 11.5 Å². The predicted molar refractivity (Wildman–Crippen MR) is 123 cm³/mol. The smallest absolute Gasteiger partial charge is 0.321 e. The fourth-order valence-corrected chi connectivity index (χ4v) is 3.42. The number of benzene rings is 2. The van der Waals surface area contributed by atoms with Crippen molar-refractivity contribution in [1.29, 1.82) is 0 Å². The monoisotopic (exact) mass is 423 g/mol. The molecule has 7 heteroatoms. The van der Waals surface area contributed by atoms with Crippen LogP contribution in [0.4, 0.5) is 16.2 Å². The van der Waals surface area contributed by atoms with E-state index in [0.717, 1.165) is 31.5 Å². The van der Waals surface area contributed by atoms with Crippen LogP contribution in [0.25, 0.3) is 6.08 Å². The van der Waals surface area contributed by atoms with Crippen LogP contribution in [0, 0.1) is 0 Å². The minimum Gasteiger partial charge on any atom is -0.497 e. The normalized spacial score (nSPS) is 14.1. The summed E-state index contributed by atoms with van der Waals surface area (Å²) >= 11 is 0. The molecule has 1 fully saturated rings. The number of anilines is 2. The molecule has 164 valence electrons. The molecule has 3 rings (SSSR count). The van der Waals surface area contributed by atoms with Gasteiger partial charge in [-0.15, -0.1) is 0 Å². The average Bonchev–Trinajstić information content (AvgIpc) is 3.08. The van der Waals surface area contributed by atoms with Crippen molar-refractivity contribution < 1.29 is 19.1 Å². The topological polar surface area (TPSA) is 79.9 Å². The molecule has 2 N–H and O–H groups in total. The highest BCUT2D eigenvalue weighted by Crippen LogP contribution is 2.25. The molecule has 0 atom stereocenters. The Labute approximate surface area is 183 Å². The molecule has 0 aliphatic carbocycles. The van der Waals surface area contributed by atoms with Gasteiger partial charge >= 0.3 is 6.03 Å². The van der Waals surface area contributed by atoms with E-state index in [1.54, 1.807) is 56.7 Å². The zero-order chi connectivity index (χ0) is 22.1. The van der Waals surface area contributed by atoms with Crippen LogP contribution in [0.2, 0.25) is 0 Å². The summed E-state index contributed by atoms with van der Waals surface area (Å²) in [6.07, 6.45) is 7.58. The van der Waals surface area contributed by atoms with Gasteiger partial charge in [0.25, 0.3) is 0 Å². The maximum absolute atomic E-state index is 12.4. The average molecular weight is 424 g/mol. The Morgan fingerprint density at radius 2 is 1.52 bits per heavy atom. The molecular weight excluding hydrogens is 394 g/mol. The van der Waals surface area contributed by atoms with E-state index in [9.17, 15) is 9.59 Å². The standard InChI is InChI=1S/C24H29N3O4/c1-30-21-13-7-18(22(17-21)31-2)8-14-23(28)25-19-9-11-20(12-10-19)26-24(29)27-15-5-3-4-6-16-27/h7-14,17H,3-6,15-16H2,1-2H3,(H,25,28)(H,26,29)/b14-8+. The second kappa shape index (κ2) is 11.1. The van der Waals surface area contributed by atoms with Crippen LogP contribution in [0.3, 0.4) is 0 Å². The number of carbonyl (C=O) groups excluding carboxylic acids is 2. The number of ether oxygens (including phenoxy) is 2. The van der Waals surface area contributed by atoms with Gasteiger partial charge in [-0.05, 0) is 55.3 Å². The van der Waals surface area contributed by atoms with E-state index in [1.165, 1.54) is 18.9 Å². The minimum absolute atomic E-state index is 0.0740. The molecular formula is C24H29N3O4. The van der Waals surface area contributed by atoms with Crippen molar-refractivity contribution >= 4 is 29.4 Å². The SMILES string of the molecule is COc1ccc(/C=C/C(=O)Nc2ccc(NC(=O)N3CCCCCC3)cc2)c(OC)c1. The highest BCUT2D eigenvalue weighted by atomic mass is 16.5. The van der Waals surface area contributed by atoms with Crippen molar-refractivity contribution in [3.05, 3.63) is 54.1 Å². The lowest BCUT2D eigenvalue weighted by Gasteiger charge is -2.20. The molecule has 1 aliphatic heterocycles. The molecule has 0 bridgehead atoms. The van der Waals surface area contributed by atoms with E-state index < -0.39 is 0 Å². The Morgan fingerprint density at radius 1 is 0.871 bits per heavy atom. The number of hydrogen-bond acceptors (Lipinski definition) is 4. The highest BCUT2D eigenvalue weighted by Gasteiger charge is 2.15. The predicted octanol–water partition coefficient (Wildman–Crippen LogP) is 4.76. The van der Waals surface area contributed by atoms with E-state index >= 15 is 0 Å². The number of nitrogens with zero attached hydrogens (tertiary/aromatic N) is 1.